The van der Waals surface area contributed by atoms with Crippen LogP contribution in [0.3, 0.4) is 0 Å². The van der Waals surface area contributed by atoms with Crippen molar-refractivity contribution in [3.63, 3.8) is 0 Å². The van der Waals surface area contributed by atoms with Gasteiger partial charge in [0.05, 0.1) is 10.2 Å². The molecule has 8 heteroatoms. The number of thiazole rings is 1. The lowest BCUT2D eigenvalue weighted by Crippen LogP contribution is -2.21. The number of carbonyl (C=O) groups is 2. The van der Waals surface area contributed by atoms with Crippen LogP contribution in [0.5, 0.6) is 0 Å². The number of nitrogens with zero attached hydrogens (tertiary/aromatic N) is 2. The van der Waals surface area contributed by atoms with Gasteiger partial charge in [0.25, 0.3) is 5.91 Å². The van der Waals surface area contributed by atoms with Gasteiger partial charge in [-0.3, -0.25) is 9.59 Å². The molecule has 5 nitrogen and oxygen atoms in total. The Morgan fingerprint density at radius 2 is 2.04 bits per heavy atom. The molecule has 0 radical (unpaired) electrons. The number of halogens is 2. The monoisotopic (exact) mass is 364 g/mol. The van der Waals surface area contributed by atoms with Crippen LogP contribution in [-0.4, -0.2) is 21.6 Å². The van der Waals surface area contributed by atoms with E-state index >= 15 is 0 Å². The number of amides is 1. The molecule has 0 atom stereocenters. The number of fused-ring (bicyclic) bond motifs is 1. The summed E-state index contributed by atoms with van der Waals surface area (Å²) in [4.78, 5) is 27.6. The van der Waals surface area contributed by atoms with Crippen LogP contribution in [0.15, 0.2) is 47.5 Å². The summed E-state index contributed by atoms with van der Waals surface area (Å²) in [5.74, 6) is -2.08. The van der Waals surface area contributed by atoms with E-state index in [1.807, 2.05) is 0 Å². The smallest absolute Gasteiger partial charge is 0.323 e. The van der Waals surface area contributed by atoms with Crippen molar-refractivity contribution < 1.29 is 19.1 Å². The molecule has 0 saturated heterocycles. The zero-order valence-electron chi connectivity index (χ0n) is 12.1. The minimum atomic E-state index is -1.09. The number of aliphatic carboxylic acids is 1. The van der Waals surface area contributed by atoms with Gasteiger partial charge in [-0.05, 0) is 36.4 Å². The maximum atomic E-state index is 13.4. The second-order valence-electron chi connectivity index (χ2n) is 4.90. The van der Waals surface area contributed by atoms with Crippen molar-refractivity contribution >= 4 is 45.0 Å². The number of hydrogen-bond acceptors (Lipinski definition) is 3. The average Bonchev–Trinajstić information content (AvgIpc) is 2.83. The Morgan fingerprint density at radius 3 is 2.75 bits per heavy atom. The molecule has 24 heavy (non-hydrogen) atoms. The van der Waals surface area contributed by atoms with E-state index in [2.05, 4.69) is 4.99 Å². The molecule has 0 bridgehead atoms. The Labute approximate surface area is 144 Å². The molecule has 0 saturated carbocycles. The quantitative estimate of drug-likeness (QED) is 0.775. The summed E-state index contributed by atoms with van der Waals surface area (Å²) in [5.41, 5.74) is 0.787. The first-order valence-corrected chi connectivity index (χ1v) is 7.99. The van der Waals surface area contributed by atoms with Crippen LogP contribution in [0, 0.1) is 5.82 Å². The highest BCUT2D eigenvalue weighted by Crippen LogP contribution is 2.19. The fourth-order valence-electron chi connectivity index (χ4n) is 2.19. The van der Waals surface area contributed by atoms with Crippen LogP contribution in [0.4, 0.5) is 4.39 Å². The number of carboxylic acid groups (broad SMARTS) is 1. The van der Waals surface area contributed by atoms with Crippen LogP contribution < -0.4 is 4.80 Å². The van der Waals surface area contributed by atoms with Crippen molar-refractivity contribution in [2.75, 3.05) is 0 Å². The highest BCUT2D eigenvalue weighted by Gasteiger charge is 2.12. The molecular weight excluding hydrogens is 355 g/mol. The van der Waals surface area contributed by atoms with E-state index in [1.54, 1.807) is 18.2 Å². The maximum Gasteiger partial charge on any atom is 0.323 e. The highest BCUT2D eigenvalue weighted by molar-refractivity contribution is 7.16. The molecule has 0 unspecified atom stereocenters. The van der Waals surface area contributed by atoms with E-state index in [-0.39, 0.29) is 16.9 Å². The number of rotatable bonds is 3. The minimum Gasteiger partial charge on any atom is -0.480 e. The number of carbonyl (C=O) groups excluding carboxylic acids is 1. The fourth-order valence-corrected chi connectivity index (χ4v) is 3.44. The van der Waals surface area contributed by atoms with E-state index in [1.165, 1.54) is 28.8 Å². The maximum absolute atomic E-state index is 13.4. The largest absolute Gasteiger partial charge is 0.480 e. The zero-order valence-corrected chi connectivity index (χ0v) is 13.6. The molecule has 1 heterocycles. The molecule has 122 valence electrons. The van der Waals surface area contributed by atoms with Crippen LogP contribution in [0.1, 0.15) is 10.4 Å². The summed E-state index contributed by atoms with van der Waals surface area (Å²) in [5, 5.41) is 9.47. The van der Waals surface area contributed by atoms with Crippen molar-refractivity contribution in [2.24, 2.45) is 4.99 Å². The van der Waals surface area contributed by atoms with Gasteiger partial charge in [0.1, 0.15) is 12.4 Å². The molecule has 0 fully saturated rings. The number of aromatic nitrogens is 1. The Morgan fingerprint density at radius 1 is 1.25 bits per heavy atom. The van der Waals surface area contributed by atoms with Gasteiger partial charge in [-0.1, -0.05) is 29.0 Å². The van der Waals surface area contributed by atoms with E-state index in [0.717, 1.165) is 11.3 Å². The van der Waals surface area contributed by atoms with E-state index in [0.29, 0.717) is 15.2 Å². The number of hydrogen-bond donors (Lipinski definition) is 1. The molecule has 3 rings (SSSR count). The molecule has 0 aliphatic carbocycles. The van der Waals surface area contributed by atoms with E-state index in [4.69, 9.17) is 16.7 Å². The predicted octanol–water partition coefficient (Wildman–Crippen LogP) is 3.32. The number of carboxylic acids is 1. The highest BCUT2D eigenvalue weighted by atomic mass is 35.5. The third kappa shape index (κ3) is 3.37. The summed E-state index contributed by atoms with van der Waals surface area (Å²) in [6, 6.07) is 10.3. The normalized spacial score (nSPS) is 11.8. The second-order valence-corrected chi connectivity index (χ2v) is 6.35. The first-order chi connectivity index (χ1) is 11.4. The Kier molecular flexibility index (Phi) is 4.46. The third-order valence-corrected chi connectivity index (χ3v) is 4.48. The van der Waals surface area contributed by atoms with Crippen LogP contribution in [-0.2, 0) is 11.3 Å². The molecular formula is C16H10ClFN2O3S. The predicted molar refractivity (Wildman–Crippen MR) is 88.8 cm³/mol. The van der Waals surface area contributed by atoms with E-state index in [9.17, 15) is 14.0 Å². The minimum absolute atomic E-state index is 0.183. The average molecular weight is 365 g/mol. The summed E-state index contributed by atoms with van der Waals surface area (Å²) in [7, 11) is 0. The topological polar surface area (TPSA) is 71.7 Å². The molecule has 2 aromatic carbocycles. The van der Waals surface area contributed by atoms with E-state index < -0.39 is 17.7 Å². The first kappa shape index (κ1) is 16.4. The summed E-state index contributed by atoms with van der Waals surface area (Å²) >= 11 is 6.90. The van der Waals surface area contributed by atoms with Gasteiger partial charge in [-0.2, -0.15) is 4.99 Å². The molecule has 0 spiro atoms. The number of benzene rings is 2. The molecule has 1 aromatic heterocycles. The Bertz CT molecular complexity index is 1030. The van der Waals surface area contributed by atoms with Crippen molar-refractivity contribution in [1.82, 2.24) is 4.57 Å². The fraction of sp³-hybridized carbons (Fsp3) is 0.0625. The Balaban J connectivity index is 2.16. The van der Waals surface area contributed by atoms with Crippen LogP contribution in [0.25, 0.3) is 10.2 Å². The van der Waals surface area contributed by atoms with Crippen molar-refractivity contribution in [2.45, 2.75) is 6.54 Å². The summed E-state index contributed by atoms with van der Waals surface area (Å²) < 4.78 is 15.3. The molecule has 3 aromatic rings. The summed E-state index contributed by atoms with van der Waals surface area (Å²) in [6.07, 6.45) is 0. The Hall–Kier alpha value is -2.51. The first-order valence-electron chi connectivity index (χ1n) is 6.79. The molecule has 1 N–H and O–H groups in total. The van der Waals surface area contributed by atoms with Gasteiger partial charge in [0.2, 0.25) is 0 Å². The molecule has 0 aliphatic rings. The zero-order chi connectivity index (χ0) is 17.3. The molecule has 1 amide bonds. The SMILES string of the molecule is O=C(O)Cn1/c(=N/C(=O)c2cccc(Cl)c2)sc2cc(F)ccc21. The van der Waals surface area contributed by atoms with Gasteiger partial charge in [-0.15, -0.1) is 0 Å². The lowest BCUT2D eigenvalue weighted by atomic mass is 10.2. The van der Waals surface area contributed by atoms with Crippen molar-refractivity contribution in [1.29, 1.82) is 0 Å². The van der Waals surface area contributed by atoms with Crippen LogP contribution in [0.2, 0.25) is 5.02 Å². The lowest BCUT2D eigenvalue weighted by Gasteiger charge is -2.01. The lowest BCUT2D eigenvalue weighted by molar-refractivity contribution is -0.137. The molecule has 0 aliphatic heterocycles. The third-order valence-electron chi connectivity index (χ3n) is 3.21. The van der Waals surface area contributed by atoms with Gasteiger partial charge < -0.3 is 9.67 Å². The van der Waals surface area contributed by atoms with Crippen molar-refractivity contribution in [3.05, 3.63) is 63.7 Å². The standard InChI is InChI=1S/C16H10ClFN2O3S/c17-10-3-1-2-9(6-10)15(23)19-16-20(8-14(21)22)12-5-4-11(18)7-13(12)24-16/h1-7H,8H2,(H,21,22)/b19-16-. The van der Waals surface area contributed by atoms with Gasteiger partial charge in [0, 0.05) is 10.6 Å². The summed E-state index contributed by atoms with van der Waals surface area (Å²) in [6.45, 7) is -0.382. The second kappa shape index (κ2) is 6.54. The van der Waals surface area contributed by atoms with Gasteiger partial charge >= 0.3 is 5.97 Å². The van der Waals surface area contributed by atoms with Crippen LogP contribution >= 0.6 is 22.9 Å². The van der Waals surface area contributed by atoms with Crippen molar-refractivity contribution in [3.8, 4) is 0 Å². The van der Waals surface area contributed by atoms with Gasteiger partial charge in [-0.25, -0.2) is 4.39 Å². The van der Waals surface area contributed by atoms with Gasteiger partial charge in [0.15, 0.2) is 4.80 Å².